The van der Waals surface area contributed by atoms with E-state index in [0.717, 1.165) is 4.48 Å². The van der Waals surface area contributed by atoms with Crippen LogP contribution in [0.4, 0.5) is 5.69 Å². The minimum Gasteiger partial charge on any atom is -0.604 e. The van der Waals surface area contributed by atoms with Gasteiger partial charge in [-0.3, -0.25) is 8.94 Å². The van der Waals surface area contributed by atoms with E-state index in [0.29, 0.717) is 0 Å². The maximum atomic E-state index is 8.74. The Morgan fingerprint density at radius 1 is 1.00 bits per heavy atom. The van der Waals surface area contributed by atoms with Crippen LogP contribution in [0.1, 0.15) is 0 Å². The molecule has 0 atom stereocenters. The minimum atomic E-state index is -3.38. The van der Waals surface area contributed by atoms with Crippen molar-refractivity contribution in [1.82, 2.24) is 4.48 Å². The second-order valence-electron chi connectivity index (χ2n) is 3.90. The molecular weight excluding hydrogens is 274 g/mol. The van der Waals surface area contributed by atoms with E-state index in [4.69, 9.17) is 28.1 Å². The molecule has 0 spiro atoms. The van der Waals surface area contributed by atoms with Gasteiger partial charge in [0.1, 0.15) is 5.69 Å². The zero-order valence-corrected chi connectivity index (χ0v) is 12.4. The molecule has 0 saturated carbocycles. The van der Waals surface area contributed by atoms with E-state index >= 15 is 0 Å². The molecule has 1 rings (SSSR count). The molecule has 1 aromatic rings. The summed E-state index contributed by atoms with van der Waals surface area (Å²) >= 11 is 0. The molecular formula is C9H17NO6Si2. The van der Waals surface area contributed by atoms with Crippen LogP contribution in [0, 0.1) is 0 Å². The Kier molecular flexibility index (Phi) is 9.85. The van der Waals surface area contributed by atoms with E-state index in [1.54, 1.807) is 0 Å². The third-order valence-corrected chi connectivity index (χ3v) is 1.53. The van der Waals surface area contributed by atoms with Crippen molar-refractivity contribution in [2.24, 2.45) is 0 Å². The highest BCUT2D eigenvalue weighted by atomic mass is 28.3. The normalized spacial score (nSPS) is 9.06. The summed E-state index contributed by atoms with van der Waals surface area (Å²) in [5, 5.41) is 0. The molecule has 0 saturated heterocycles. The van der Waals surface area contributed by atoms with Crippen molar-refractivity contribution < 1.29 is 28.1 Å². The van der Waals surface area contributed by atoms with Gasteiger partial charge in [0.15, 0.2) is 0 Å². The first kappa shape index (κ1) is 18.8. The van der Waals surface area contributed by atoms with Crippen LogP contribution in [-0.2, 0) is 8.92 Å². The SMILES string of the molecule is C[N+](C)(C)c1ccccc1.O=[Si](O)O.O=[Si]([O-])O. The highest BCUT2D eigenvalue weighted by molar-refractivity contribution is 6.22. The lowest BCUT2D eigenvalue weighted by Crippen LogP contribution is -2.34. The Labute approximate surface area is 109 Å². The van der Waals surface area contributed by atoms with E-state index in [1.165, 1.54) is 5.69 Å². The Balaban J connectivity index is 0. The number of rotatable bonds is 1. The van der Waals surface area contributed by atoms with Crippen LogP contribution < -0.4 is 9.28 Å². The molecule has 3 N–H and O–H groups in total. The molecule has 0 aliphatic carbocycles. The summed E-state index contributed by atoms with van der Waals surface area (Å²) in [4.78, 5) is 30.0. The molecule has 0 unspecified atom stereocenters. The van der Waals surface area contributed by atoms with Crippen LogP contribution >= 0.6 is 0 Å². The van der Waals surface area contributed by atoms with Crippen molar-refractivity contribution in [3.8, 4) is 0 Å². The zero-order chi connectivity index (χ0) is 14.8. The summed E-state index contributed by atoms with van der Waals surface area (Å²) in [5.41, 5.74) is 1.34. The maximum Gasteiger partial charge on any atom is 0.761 e. The Morgan fingerprint density at radius 3 is 1.44 bits per heavy atom. The van der Waals surface area contributed by atoms with Gasteiger partial charge < -0.3 is 23.6 Å². The molecule has 0 fully saturated rings. The number of benzene rings is 1. The monoisotopic (exact) mass is 291 g/mol. The van der Waals surface area contributed by atoms with E-state index in [1.807, 2.05) is 6.07 Å². The van der Waals surface area contributed by atoms with Crippen molar-refractivity contribution in [2.45, 2.75) is 0 Å². The molecule has 18 heavy (non-hydrogen) atoms. The molecule has 0 amide bonds. The number of hydrogen-bond donors (Lipinski definition) is 3. The van der Waals surface area contributed by atoms with Crippen molar-refractivity contribution >= 4 is 24.0 Å². The van der Waals surface area contributed by atoms with Gasteiger partial charge in [0.2, 0.25) is 0 Å². The lowest BCUT2D eigenvalue weighted by molar-refractivity contribution is -0.223. The lowest BCUT2D eigenvalue weighted by atomic mass is 10.3. The molecule has 0 aliphatic heterocycles. The van der Waals surface area contributed by atoms with Gasteiger partial charge in [0.25, 0.3) is 0 Å². The van der Waals surface area contributed by atoms with E-state index in [-0.39, 0.29) is 0 Å². The van der Waals surface area contributed by atoms with E-state index < -0.39 is 18.3 Å². The molecule has 0 aliphatic rings. The number of quaternary nitrogens is 1. The average molecular weight is 291 g/mol. The second kappa shape index (κ2) is 9.44. The van der Waals surface area contributed by atoms with Crippen LogP contribution in [0.5, 0.6) is 0 Å². The molecule has 7 nitrogen and oxygen atoms in total. The summed E-state index contributed by atoms with van der Waals surface area (Å²) in [6, 6.07) is 10.5. The van der Waals surface area contributed by atoms with Gasteiger partial charge in [0.05, 0.1) is 21.1 Å². The molecule has 0 aromatic heterocycles. The number of nitrogens with zero attached hydrogens (tertiary/aromatic N) is 1. The van der Waals surface area contributed by atoms with Crippen molar-refractivity contribution in [3.63, 3.8) is 0 Å². The Hall–Kier alpha value is -1.59. The van der Waals surface area contributed by atoms with Gasteiger partial charge in [-0.15, -0.1) is 0 Å². The van der Waals surface area contributed by atoms with Gasteiger partial charge >= 0.3 is 18.3 Å². The highest BCUT2D eigenvalue weighted by Gasteiger charge is 2.08. The molecule has 1 aromatic carbocycles. The predicted octanol–water partition coefficient (Wildman–Crippen LogP) is -1.98. The maximum absolute atomic E-state index is 8.74. The first-order valence-electron chi connectivity index (χ1n) is 4.76. The molecule has 0 radical (unpaired) electrons. The summed E-state index contributed by atoms with van der Waals surface area (Å²) in [7, 11) is -0.0231. The van der Waals surface area contributed by atoms with Crippen LogP contribution in [0.25, 0.3) is 0 Å². The van der Waals surface area contributed by atoms with Crippen LogP contribution in [0.2, 0.25) is 0 Å². The largest absolute Gasteiger partial charge is 0.761 e. The molecule has 0 bridgehead atoms. The van der Waals surface area contributed by atoms with Gasteiger partial charge in [0, 0.05) is 0 Å². The average Bonchev–Trinajstić information content (AvgIpc) is 2.16. The predicted molar refractivity (Wildman–Crippen MR) is 65.5 cm³/mol. The quantitative estimate of drug-likeness (QED) is 0.408. The highest BCUT2D eigenvalue weighted by Crippen LogP contribution is 2.14. The van der Waals surface area contributed by atoms with Crippen LogP contribution in [0.15, 0.2) is 30.3 Å². The standard InChI is InChI=1S/C9H14N.H2O3Si.HO3Si/c1-10(2,3)9-7-5-4-6-8-9;2*1-4(2)3/h4-8H,1-3H3;1-2H;1H/q+1;;-1. The summed E-state index contributed by atoms with van der Waals surface area (Å²) in [6.07, 6.45) is 0. The van der Waals surface area contributed by atoms with Crippen molar-refractivity contribution in [3.05, 3.63) is 30.3 Å². The number of para-hydroxylation sites is 1. The second-order valence-corrected chi connectivity index (χ2v) is 4.99. The first-order valence-corrected chi connectivity index (χ1v) is 7.33. The smallest absolute Gasteiger partial charge is 0.604 e. The third-order valence-electron chi connectivity index (χ3n) is 1.53. The third kappa shape index (κ3) is 16.8. The van der Waals surface area contributed by atoms with Gasteiger partial charge in [-0.25, -0.2) is 0 Å². The molecule has 0 heterocycles. The fourth-order valence-electron chi connectivity index (χ4n) is 0.875. The van der Waals surface area contributed by atoms with Crippen molar-refractivity contribution in [2.75, 3.05) is 21.1 Å². The van der Waals surface area contributed by atoms with Gasteiger partial charge in [-0.05, 0) is 12.1 Å². The fraction of sp³-hybridized carbons (Fsp3) is 0.333. The van der Waals surface area contributed by atoms with E-state index in [9.17, 15) is 0 Å². The molecule has 102 valence electrons. The summed E-state index contributed by atoms with van der Waals surface area (Å²) in [6.45, 7) is 0. The van der Waals surface area contributed by atoms with Crippen LogP contribution in [-0.4, -0.2) is 53.9 Å². The lowest BCUT2D eigenvalue weighted by Gasteiger charge is -2.22. The van der Waals surface area contributed by atoms with Gasteiger partial charge in [-0.1, -0.05) is 18.2 Å². The molecule has 9 heteroatoms. The van der Waals surface area contributed by atoms with Crippen LogP contribution in [0.3, 0.4) is 0 Å². The minimum absolute atomic E-state index is 0.890. The fourth-order valence-corrected chi connectivity index (χ4v) is 0.875. The Morgan fingerprint density at radius 2 is 1.28 bits per heavy atom. The van der Waals surface area contributed by atoms with Gasteiger partial charge in [-0.2, -0.15) is 0 Å². The Bertz CT molecular complexity index is 345. The summed E-state index contributed by atoms with van der Waals surface area (Å²) in [5.74, 6) is 0. The number of hydrogen-bond acceptors (Lipinski definition) is 3. The van der Waals surface area contributed by atoms with Crippen molar-refractivity contribution in [1.29, 1.82) is 0 Å². The summed E-state index contributed by atoms with van der Waals surface area (Å²) < 4.78 is 18.3. The zero-order valence-electron chi connectivity index (χ0n) is 10.4. The first-order chi connectivity index (χ1) is 8.07. The van der Waals surface area contributed by atoms with E-state index in [2.05, 4.69) is 45.4 Å². The topological polar surface area (TPSA) is 118 Å².